The summed E-state index contributed by atoms with van der Waals surface area (Å²) in [5, 5.41) is 17.1. The molecule has 0 aromatic rings. The second-order valence-electron chi connectivity index (χ2n) is 3.25. The topological polar surface area (TPSA) is 74.6 Å². The number of unbranched alkanes of at least 4 members (excludes halogenated alkanes) is 2. The van der Waals surface area contributed by atoms with Crippen molar-refractivity contribution in [2.45, 2.75) is 41.8 Å². The smallest absolute Gasteiger partial charge is 0.318 e. The highest BCUT2D eigenvalue weighted by molar-refractivity contribution is 9.12. The molecule has 4 nitrogen and oxygen atoms in total. The lowest BCUT2D eigenvalue weighted by atomic mass is 10.1. The average molecular weight is 346 g/mol. The molecular weight excluding hydrogens is 332 g/mol. The fourth-order valence-corrected chi connectivity index (χ4v) is 1.91. The van der Waals surface area contributed by atoms with Crippen molar-refractivity contribution in [1.82, 2.24) is 0 Å². The highest BCUT2D eigenvalue weighted by atomic mass is 79.9. The Hall–Kier alpha value is -0.100. The third-order valence-electron chi connectivity index (χ3n) is 1.92. The molecule has 0 radical (unpaired) electrons. The summed E-state index contributed by atoms with van der Waals surface area (Å²) < 4.78 is 0. The lowest BCUT2D eigenvalue weighted by Gasteiger charge is -2.11. The summed E-state index contributed by atoms with van der Waals surface area (Å²) in [6.45, 7) is 0. The van der Waals surface area contributed by atoms with E-state index in [1.807, 2.05) is 0 Å². The number of carboxylic acid groups (broad SMARTS) is 2. The maximum atomic E-state index is 10.6. The first kappa shape index (κ1) is 14.9. The summed E-state index contributed by atoms with van der Waals surface area (Å²) >= 11 is 6.34. The fraction of sp³-hybridized carbons (Fsp3) is 0.778. The van der Waals surface area contributed by atoms with Crippen LogP contribution in [-0.2, 0) is 9.59 Å². The van der Waals surface area contributed by atoms with E-state index in [1.54, 1.807) is 0 Å². The Labute approximate surface area is 105 Å². The summed E-state index contributed by atoms with van der Waals surface area (Å²) in [4.78, 5) is 20.1. The summed E-state index contributed by atoms with van der Waals surface area (Å²) in [6.07, 6.45) is 3.20. The summed E-state index contributed by atoms with van der Waals surface area (Å²) in [7, 11) is 0. The van der Waals surface area contributed by atoms with Gasteiger partial charge in [0.05, 0.1) is 0 Å². The molecule has 6 heteroatoms. The molecule has 0 aliphatic heterocycles. The van der Waals surface area contributed by atoms with E-state index in [1.165, 1.54) is 0 Å². The Morgan fingerprint density at radius 3 is 2.13 bits per heavy atom. The molecule has 2 atom stereocenters. The fourth-order valence-electron chi connectivity index (χ4n) is 1.09. The molecule has 2 N–H and O–H groups in total. The van der Waals surface area contributed by atoms with E-state index >= 15 is 0 Å². The maximum absolute atomic E-state index is 10.6. The Balaban J connectivity index is 3.50. The van der Waals surface area contributed by atoms with E-state index < -0.39 is 16.8 Å². The SMILES string of the molecule is O=C(O)CCCCCC(Br)C(Br)C(=O)O. The molecule has 15 heavy (non-hydrogen) atoms. The van der Waals surface area contributed by atoms with Crippen LogP contribution in [0.4, 0.5) is 0 Å². The number of carbonyl (C=O) groups is 2. The Morgan fingerprint density at radius 1 is 1.07 bits per heavy atom. The van der Waals surface area contributed by atoms with Gasteiger partial charge in [0.15, 0.2) is 0 Å². The van der Waals surface area contributed by atoms with Crippen molar-refractivity contribution in [2.75, 3.05) is 0 Å². The van der Waals surface area contributed by atoms with E-state index in [9.17, 15) is 9.59 Å². The zero-order chi connectivity index (χ0) is 11.8. The number of carboxylic acids is 2. The second kappa shape index (κ2) is 8.10. The molecule has 0 heterocycles. The van der Waals surface area contributed by atoms with Gasteiger partial charge < -0.3 is 10.2 Å². The molecule has 0 aromatic carbocycles. The number of alkyl halides is 2. The first-order valence-electron chi connectivity index (χ1n) is 4.68. The molecule has 0 amide bonds. The van der Waals surface area contributed by atoms with Gasteiger partial charge in [0.2, 0.25) is 0 Å². The molecule has 0 saturated carbocycles. The third kappa shape index (κ3) is 7.79. The highest BCUT2D eigenvalue weighted by Crippen LogP contribution is 2.21. The minimum atomic E-state index is -0.887. The van der Waals surface area contributed by atoms with E-state index in [0.29, 0.717) is 6.42 Å². The Kier molecular flexibility index (Phi) is 8.04. The van der Waals surface area contributed by atoms with Crippen LogP contribution in [0, 0.1) is 0 Å². The van der Waals surface area contributed by atoms with Gasteiger partial charge in [-0.25, -0.2) is 0 Å². The van der Waals surface area contributed by atoms with Crippen LogP contribution >= 0.6 is 31.9 Å². The van der Waals surface area contributed by atoms with Crippen LogP contribution in [-0.4, -0.2) is 31.8 Å². The zero-order valence-corrected chi connectivity index (χ0v) is 11.3. The molecule has 0 aliphatic carbocycles. The monoisotopic (exact) mass is 344 g/mol. The maximum Gasteiger partial charge on any atom is 0.318 e. The molecule has 0 rings (SSSR count). The number of halogens is 2. The molecule has 0 aliphatic rings. The lowest BCUT2D eigenvalue weighted by Crippen LogP contribution is -2.23. The van der Waals surface area contributed by atoms with Crippen LogP contribution in [0.3, 0.4) is 0 Å². The van der Waals surface area contributed by atoms with Crippen molar-refractivity contribution in [2.24, 2.45) is 0 Å². The van der Waals surface area contributed by atoms with Gasteiger partial charge in [-0.2, -0.15) is 0 Å². The van der Waals surface area contributed by atoms with Gasteiger partial charge in [0, 0.05) is 11.2 Å². The van der Waals surface area contributed by atoms with Crippen molar-refractivity contribution in [3.8, 4) is 0 Å². The van der Waals surface area contributed by atoms with Crippen LogP contribution in [0.1, 0.15) is 32.1 Å². The largest absolute Gasteiger partial charge is 0.481 e. The van der Waals surface area contributed by atoms with E-state index in [0.717, 1.165) is 19.3 Å². The van der Waals surface area contributed by atoms with Crippen molar-refractivity contribution in [1.29, 1.82) is 0 Å². The predicted molar refractivity (Wildman–Crippen MR) is 63.8 cm³/mol. The van der Waals surface area contributed by atoms with Crippen molar-refractivity contribution in [3.05, 3.63) is 0 Å². The molecular formula is C9H14Br2O4. The number of hydrogen-bond acceptors (Lipinski definition) is 2. The summed E-state index contributed by atoms with van der Waals surface area (Å²) in [5.74, 6) is -1.67. The van der Waals surface area contributed by atoms with Gasteiger partial charge in [0.25, 0.3) is 0 Å². The quantitative estimate of drug-likeness (QED) is 0.524. The molecule has 0 aromatic heterocycles. The van der Waals surface area contributed by atoms with E-state index in [-0.39, 0.29) is 11.2 Å². The Morgan fingerprint density at radius 2 is 1.67 bits per heavy atom. The standard InChI is InChI=1S/C9H14Br2O4/c10-6(8(11)9(14)15)4-2-1-3-5-7(12)13/h6,8H,1-5H2,(H,12,13)(H,14,15). The summed E-state index contributed by atoms with van der Waals surface area (Å²) in [6, 6.07) is 0. The normalized spacial score (nSPS) is 14.5. The van der Waals surface area contributed by atoms with Crippen molar-refractivity contribution < 1.29 is 19.8 Å². The van der Waals surface area contributed by atoms with Crippen molar-refractivity contribution in [3.63, 3.8) is 0 Å². The number of hydrogen-bond donors (Lipinski definition) is 2. The van der Waals surface area contributed by atoms with Gasteiger partial charge in [-0.05, 0) is 12.8 Å². The minimum absolute atomic E-state index is 0.111. The number of aliphatic carboxylic acids is 2. The molecule has 2 unspecified atom stereocenters. The lowest BCUT2D eigenvalue weighted by molar-refractivity contribution is -0.137. The minimum Gasteiger partial charge on any atom is -0.481 e. The van der Waals surface area contributed by atoms with Crippen LogP contribution in [0.5, 0.6) is 0 Å². The summed E-state index contributed by atoms with van der Waals surface area (Å²) in [5.41, 5.74) is 0. The highest BCUT2D eigenvalue weighted by Gasteiger charge is 2.22. The average Bonchev–Trinajstić information content (AvgIpc) is 2.15. The molecule has 88 valence electrons. The van der Waals surface area contributed by atoms with Crippen molar-refractivity contribution >= 4 is 43.8 Å². The van der Waals surface area contributed by atoms with Crippen LogP contribution in [0.15, 0.2) is 0 Å². The Bertz CT molecular complexity index is 220. The molecule has 0 bridgehead atoms. The van der Waals surface area contributed by atoms with E-state index in [4.69, 9.17) is 10.2 Å². The van der Waals surface area contributed by atoms with Gasteiger partial charge in [-0.15, -0.1) is 0 Å². The van der Waals surface area contributed by atoms with Gasteiger partial charge in [-0.1, -0.05) is 44.7 Å². The molecule has 0 fully saturated rings. The van der Waals surface area contributed by atoms with Gasteiger partial charge in [0.1, 0.15) is 4.83 Å². The second-order valence-corrected chi connectivity index (χ2v) is 5.41. The predicted octanol–water partition coefficient (Wildman–Crippen LogP) is 2.63. The first-order valence-corrected chi connectivity index (χ1v) is 6.51. The van der Waals surface area contributed by atoms with Crippen LogP contribution in [0.25, 0.3) is 0 Å². The third-order valence-corrected chi connectivity index (χ3v) is 4.65. The van der Waals surface area contributed by atoms with Crippen LogP contribution < -0.4 is 0 Å². The van der Waals surface area contributed by atoms with Gasteiger partial charge in [-0.3, -0.25) is 9.59 Å². The molecule has 0 spiro atoms. The molecule has 0 saturated heterocycles. The van der Waals surface area contributed by atoms with Gasteiger partial charge >= 0.3 is 11.9 Å². The number of rotatable bonds is 8. The van der Waals surface area contributed by atoms with E-state index in [2.05, 4.69) is 31.9 Å². The first-order chi connectivity index (χ1) is 6.95. The zero-order valence-electron chi connectivity index (χ0n) is 8.16. The van der Waals surface area contributed by atoms with Crippen LogP contribution in [0.2, 0.25) is 0 Å².